The zero-order valence-electron chi connectivity index (χ0n) is 24.6. The summed E-state index contributed by atoms with van der Waals surface area (Å²) in [5, 5.41) is 2.91. The molecular weight excluding hydrogens is 645 g/mol. The summed E-state index contributed by atoms with van der Waals surface area (Å²) in [7, 11) is -4.38. The van der Waals surface area contributed by atoms with E-state index < -0.39 is 34.3 Å². The van der Waals surface area contributed by atoms with Gasteiger partial charge in [0.25, 0.3) is 10.0 Å². The number of para-hydroxylation sites is 1. The highest BCUT2D eigenvalue weighted by Gasteiger charge is 2.35. The summed E-state index contributed by atoms with van der Waals surface area (Å²) in [6, 6.07) is 27.2. The third-order valence-electron chi connectivity index (χ3n) is 7.07. The largest absolute Gasteiger partial charge is 0.354 e. The van der Waals surface area contributed by atoms with Crippen molar-refractivity contribution in [2.45, 2.75) is 44.2 Å². The second kappa shape index (κ2) is 15.1. The Kier molecular flexibility index (Phi) is 11.3. The standard InChI is InChI=1S/C34H35BrFN3O4S/c1-3-20-37-34(41)32(22-26-10-5-4-6-11-26)38(23-27-12-9-13-28(35)21-27)33(40)24-39(31-15-8-7-14-30(31)36)44(42,43)29-18-16-25(2)17-19-29/h4-19,21,32H,3,20,22-24H2,1-2H3,(H,37,41). The molecule has 0 aliphatic rings. The summed E-state index contributed by atoms with van der Waals surface area (Å²) in [5.74, 6) is -1.81. The second-order valence-corrected chi connectivity index (χ2v) is 13.2. The molecule has 44 heavy (non-hydrogen) atoms. The topological polar surface area (TPSA) is 86.8 Å². The van der Waals surface area contributed by atoms with Gasteiger partial charge in [0.2, 0.25) is 11.8 Å². The molecule has 4 aromatic carbocycles. The molecule has 0 spiro atoms. The number of nitrogens with zero attached hydrogens (tertiary/aromatic N) is 2. The number of carbonyl (C=O) groups is 2. The molecule has 4 rings (SSSR count). The van der Waals surface area contributed by atoms with E-state index in [-0.39, 0.29) is 29.5 Å². The van der Waals surface area contributed by atoms with Gasteiger partial charge < -0.3 is 10.2 Å². The van der Waals surface area contributed by atoms with Crippen LogP contribution in [0.5, 0.6) is 0 Å². The summed E-state index contributed by atoms with van der Waals surface area (Å²) < 4.78 is 44.8. The summed E-state index contributed by atoms with van der Waals surface area (Å²) >= 11 is 3.47. The van der Waals surface area contributed by atoms with Crippen LogP contribution in [0.1, 0.15) is 30.0 Å². The molecule has 0 saturated carbocycles. The van der Waals surface area contributed by atoms with Crippen LogP contribution >= 0.6 is 15.9 Å². The summed E-state index contributed by atoms with van der Waals surface area (Å²) in [6.45, 7) is 3.46. The highest BCUT2D eigenvalue weighted by atomic mass is 79.9. The highest BCUT2D eigenvalue weighted by molar-refractivity contribution is 9.10. The molecule has 7 nitrogen and oxygen atoms in total. The Labute approximate surface area is 266 Å². The van der Waals surface area contributed by atoms with E-state index >= 15 is 4.39 Å². The fourth-order valence-electron chi connectivity index (χ4n) is 4.76. The summed E-state index contributed by atoms with van der Waals surface area (Å²) in [4.78, 5) is 29.3. The molecule has 0 aliphatic heterocycles. The molecular formula is C34H35BrFN3O4S. The second-order valence-electron chi connectivity index (χ2n) is 10.4. The number of sulfonamides is 1. The van der Waals surface area contributed by atoms with Gasteiger partial charge in [-0.05, 0) is 60.9 Å². The molecule has 2 amide bonds. The van der Waals surface area contributed by atoms with Crippen LogP contribution in [0.25, 0.3) is 0 Å². The number of halogens is 2. The van der Waals surface area contributed by atoms with Gasteiger partial charge in [-0.25, -0.2) is 12.8 Å². The molecule has 0 heterocycles. The molecule has 0 fully saturated rings. The first-order valence-corrected chi connectivity index (χ1v) is 16.5. The Morgan fingerprint density at radius 3 is 2.20 bits per heavy atom. The third kappa shape index (κ3) is 8.33. The Balaban J connectivity index is 1.80. The SMILES string of the molecule is CCCNC(=O)C(Cc1ccccc1)N(Cc1cccc(Br)c1)C(=O)CN(c1ccccc1F)S(=O)(=O)c1ccc(C)cc1. The number of carbonyl (C=O) groups excluding carboxylic acids is 2. The van der Waals surface area contributed by atoms with Crippen molar-refractivity contribution in [3.05, 3.63) is 130 Å². The molecule has 0 aliphatic carbocycles. The molecule has 230 valence electrons. The number of rotatable bonds is 13. The quantitative estimate of drug-likeness (QED) is 0.181. The number of hydrogen-bond donors (Lipinski definition) is 1. The van der Waals surface area contributed by atoms with Crippen LogP contribution in [-0.2, 0) is 32.6 Å². The number of benzene rings is 4. The number of amides is 2. The Morgan fingerprint density at radius 1 is 0.886 bits per heavy atom. The minimum absolute atomic E-state index is 0.0189. The van der Waals surface area contributed by atoms with Gasteiger partial charge in [0.1, 0.15) is 18.4 Å². The predicted molar refractivity (Wildman–Crippen MR) is 174 cm³/mol. The first-order valence-electron chi connectivity index (χ1n) is 14.3. The third-order valence-corrected chi connectivity index (χ3v) is 9.34. The van der Waals surface area contributed by atoms with Crippen molar-refractivity contribution in [2.24, 2.45) is 0 Å². The van der Waals surface area contributed by atoms with Gasteiger partial charge in [-0.3, -0.25) is 13.9 Å². The first-order chi connectivity index (χ1) is 21.1. The average molecular weight is 681 g/mol. The fraction of sp³-hybridized carbons (Fsp3) is 0.235. The van der Waals surface area contributed by atoms with Crippen LogP contribution < -0.4 is 9.62 Å². The molecule has 1 atom stereocenters. The lowest BCUT2D eigenvalue weighted by Crippen LogP contribution is -2.53. The molecule has 0 radical (unpaired) electrons. The van der Waals surface area contributed by atoms with E-state index in [2.05, 4.69) is 21.2 Å². The number of nitrogens with one attached hydrogen (secondary N) is 1. The van der Waals surface area contributed by atoms with Crippen LogP contribution in [-0.4, -0.2) is 44.3 Å². The highest BCUT2D eigenvalue weighted by Crippen LogP contribution is 2.27. The van der Waals surface area contributed by atoms with Crippen LogP contribution in [0.4, 0.5) is 10.1 Å². The van der Waals surface area contributed by atoms with Gasteiger partial charge in [-0.1, -0.05) is 95.1 Å². The van der Waals surface area contributed by atoms with Crippen LogP contribution in [0.15, 0.2) is 112 Å². The molecule has 0 bridgehead atoms. The van der Waals surface area contributed by atoms with E-state index in [9.17, 15) is 18.0 Å². The van der Waals surface area contributed by atoms with E-state index in [1.165, 1.54) is 35.2 Å². The van der Waals surface area contributed by atoms with Crippen LogP contribution in [0.3, 0.4) is 0 Å². The van der Waals surface area contributed by atoms with E-state index in [1.807, 2.05) is 68.4 Å². The average Bonchev–Trinajstić information content (AvgIpc) is 3.01. The van der Waals surface area contributed by atoms with E-state index in [1.54, 1.807) is 12.1 Å². The van der Waals surface area contributed by atoms with Crippen molar-refractivity contribution in [2.75, 3.05) is 17.4 Å². The Morgan fingerprint density at radius 2 is 1.55 bits per heavy atom. The minimum Gasteiger partial charge on any atom is -0.354 e. The molecule has 10 heteroatoms. The lowest BCUT2D eigenvalue weighted by atomic mass is 10.0. The van der Waals surface area contributed by atoms with Crippen molar-refractivity contribution in [3.8, 4) is 0 Å². The normalized spacial score (nSPS) is 11.9. The number of hydrogen-bond acceptors (Lipinski definition) is 4. The number of aryl methyl sites for hydroxylation is 1. The van der Waals surface area contributed by atoms with Crippen molar-refractivity contribution < 1.29 is 22.4 Å². The minimum atomic E-state index is -4.38. The molecule has 1 unspecified atom stereocenters. The zero-order chi connectivity index (χ0) is 31.7. The van der Waals surface area contributed by atoms with E-state index in [0.29, 0.717) is 13.0 Å². The van der Waals surface area contributed by atoms with E-state index in [0.717, 1.165) is 31.5 Å². The summed E-state index contributed by atoms with van der Waals surface area (Å²) in [6.07, 6.45) is 0.889. The monoisotopic (exact) mass is 679 g/mol. The van der Waals surface area contributed by atoms with Gasteiger partial charge in [-0.2, -0.15) is 0 Å². The van der Waals surface area contributed by atoms with Crippen LogP contribution in [0.2, 0.25) is 0 Å². The zero-order valence-corrected chi connectivity index (χ0v) is 27.0. The maximum Gasteiger partial charge on any atom is 0.264 e. The molecule has 4 aromatic rings. The summed E-state index contributed by atoms with van der Waals surface area (Å²) in [5.41, 5.74) is 2.14. The first kappa shape index (κ1) is 32.9. The van der Waals surface area contributed by atoms with Gasteiger partial charge in [-0.15, -0.1) is 0 Å². The van der Waals surface area contributed by atoms with Gasteiger partial charge in [0, 0.05) is 24.0 Å². The maximum atomic E-state index is 15.2. The van der Waals surface area contributed by atoms with Crippen molar-refractivity contribution >= 4 is 43.5 Å². The van der Waals surface area contributed by atoms with Crippen molar-refractivity contribution in [3.63, 3.8) is 0 Å². The van der Waals surface area contributed by atoms with Crippen molar-refractivity contribution in [1.29, 1.82) is 0 Å². The maximum absolute atomic E-state index is 15.2. The van der Waals surface area contributed by atoms with Crippen molar-refractivity contribution in [1.82, 2.24) is 10.2 Å². The molecule has 0 aromatic heterocycles. The smallest absolute Gasteiger partial charge is 0.264 e. The molecule has 1 N–H and O–H groups in total. The van der Waals surface area contributed by atoms with Gasteiger partial charge in [0.15, 0.2) is 0 Å². The Bertz CT molecular complexity index is 1680. The van der Waals surface area contributed by atoms with Gasteiger partial charge >= 0.3 is 0 Å². The van der Waals surface area contributed by atoms with Crippen LogP contribution in [0, 0.1) is 12.7 Å². The lowest BCUT2D eigenvalue weighted by molar-refractivity contribution is -0.140. The number of anilines is 1. The Hall–Kier alpha value is -4.02. The van der Waals surface area contributed by atoms with E-state index in [4.69, 9.17) is 0 Å². The predicted octanol–water partition coefficient (Wildman–Crippen LogP) is 6.26. The lowest BCUT2D eigenvalue weighted by Gasteiger charge is -2.34. The molecule has 0 saturated heterocycles. The fourth-order valence-corrected chi connectivity index (χ4v) is 6.63. The van der Waals surface area contributed by atoms with Gasteiger partial charge in [0.05, 0.1) is 10.6 Å².